The number of benzene rings is 1. The van der Waals surface area contributed by atoms with Crippen LogP contribution < -0.4 is 5.19 Å². The standard InChI is InChI=1S/C9H12ClSi/c1-7-5-4-6-9(8(7)2)11(3)10/h4-6H,1-3H3. The molecule has 0 saturated heterocycles. The van der Waals surface area contributed by atoms with E-state index in [0.29, 0.717) is 0 Å². The van der Waals surface area contributed by atoms with Crippen molar-refractivity contribution >= 4 is 24.4 Å². The maximum absolute atomic E-state index is 6.08. The van der Waals surface area contributed by atoms with E-state index in [2.05, 4.69) is 38.6 Å². The van der Waals surface area contributed by atoms with E-state index < -0.39 is 8.11 Å². The van der Waals surface area contributed by atoms with Gasteiger partial charge in [-0.25, -0.2) is 0 Å². The van der Waals surface area contributed by atoms with Gasteiger partial charge in [-0.05, 0) is 30.2 Å². The van der Waals surface area contributed by atoms with Gasteiger partial charge in [0.05, 0.1) is 0 Å². The lowest BCUT2D eigenvalue weighted by molar-refractivity contribution is 1.37. The lowest BCUT2D eigenvalue weighted by Crippen LogP contribution is -2.23. The third kappa shape index (κ3) is 1.85. The average molecular weight is 184 g/mol. The second-order valence-corrected chi connectivity index (χ2v) is 6.09. The van der Waals surface area contributed by atoms with Crippen LogP contribution in [0.4, 0.5) is 0 Å². The van der Waals surface area contributed by atoms with Crippen molar-refractivity contribution in [2.24, 2.45) is 0 Å². The Bertz CT molecular complexity index is 256. The smallest absolute Gasteiger partial charge is 0.163 e. The summed E-state index contributed by atoms with van der Waals surface area (Å²) in [7, 11) is -0.792. The molecule has 0 nitrogen and oxygen atoms in total. The first-order valence-corrected chi connectivity index (χ1v) is 6.69. The number of hydrogen-bond donors (Lipinski definition) is 0. The van der Waals surface area contributed by atoms with Gasteiger partial charge < -0.3 is 0 Å². The van der Waals surface area contributed by atoms with Crippen molar-refractivity contribution in [3.8, 4) is 0 Å². The van der Waals surface area contributed by atoms with Gasteiger partial charge in [-0.2, -0.15) is 11.1 Å². The molecule has 0 amide bonds. The molecule has 0 heterocycles. The van der Waals surface area contributed by atoms with E-state index in [4.69, 9.17) is 11.1 Å². The summed E-state index contributed by atoms with van der Waals surface area (Å²) in [5.41, 5.74) is 2.70. The molecule has 11 heavy (non-hydrogen) atoms. The quantitative estimate of drug-likeness (QED) is 0.463. The summed E-state index contributed by atoms with van der Waals surface area (Å²) in [6.45, 7) is 6.37. The summed E-state index contributed by atoms with van der Waals surface area (Å²) >= 11 is 6.08. The minimum atomic E-state index is -0.792. The normalized spacial score (nSPS) is 10.6. The minimum absolute atomic E-state index is 0.792. The Hall–Kier alpha value is -0.273. The van der Waals surface area contributed by atoms with Crippen LogP contribution in [0.15, 0.2) is 18.2 Å². The van der Waals surface area contributed by atoms with Crippen LogP contribution >= 0.6 is 11.1 Å². The van der Waals surface area contributed by atoms with Gasteiger partial charge >= 0.3 is 0 Å². The third-order valence-electron chi connectivity index (χ3n) is 1.98. The van der Waals surface area contributed by atoms with Gasteiger partial charge in [0.25, 0.3) is 0 Å². The average Bonchev–Trinajstić information content (AvgIpc) is 1.94. The van der Waals surface area contributed by atoms with Gasteiger partial charge in [0.15, 0.2) is 8.11 Å². The molecule has 0 saturated carbocycles. The second kappa shape index (κ2) is 3.42. The molecule has 59 valence electrons. The zero-order chi connectivity index (χ0) is 8.43. The fourth-order valence-corrected chi connectivity index (χ4v) is 2.78. The molecule has 2 heteroatoms. The maximum Gasteiger partial charge on any atom is 0.196 e. The maximum atomic E-state index is 6.08. The Morgan fingerprint density at radius 2 is 1.91 bits per heavy atom. The van der Waals surface area contributed by atoms with Gasteiger partial charge in [-0.3, -0.25) is 0 Å². The molecule has 0 atom stereocenters. The molecule has 1 radical (unpaired) electrons. The van der Waals surface area contributed by atoms with Crippen LogP contribution in [0.2, 0.25) is 6.55 Å². The highest BCUT2D eigenvalue weighted by atomic mass is 35.6. The molecule has 0 aromatic heterocycles. The Morgan fingerprint density at radius 1 is 1.27 bits per heavy atom. The molecule has 0 bridgehead atoms. The highest BCUT2D eigenvalue weighted by Gasteiger charge is 2.07. The zero-order valence-electron chi connectivity index (χ0n) is 7.11. The van der Waals surface area contributed by atoms with Crippen LogP contribution in [0.5, 0.6) is 0 Å². The van der Waals surface area contributed by atoms with E-state index in [1.54, 1.807) is 0 Å². The summed E-state index contributed by atoms with van der Waals surface area (Å²) in [6, 6.07) is 6.33. The van der Waals surface area contributed by atoms with Crippen LogP contribution in [0.25, 0.3) is 0 Å². The lowest BCUT2D eigenvalue weighted by atomic mass is 10.1. The van der Waals surface area contributed by atoms with E-state index in [9.17, 15) is 0 Å². The molecular formula is C9H12ClSi. The van der Waals surface area contributed by atoms with Gasteiger partial charge in [-0.15, -0.1) is 0 Å². The molecule has 1 rings (SSSR count). The Kier molecular flexibility index (Phi) is 2.74. The van der Waals surface area contributed by atoms with Gasteiger partial charge in [-0.1, -0.05) is 24.7 Å². The first kappa shape index (κ1) is 8.82. The molecule has 0 aliphatic rings. The second-order valence-electron chi connectivity index (χ2n) is 2.78. The predicted molar refractivity (Wildman–Crippen MR) is 53.0 cm³/mol. The highest BCUT2D eigenvalue weighted by Crippen LogP contribution is 2.05. The Labute approximate surface area is 74.5 Å². The van der Waals surface area contributed by atoms with Crippen molar-refractivity contribution in [1.82, 2.24) is 0 Å². The van der Waals surface area contributed by atoms with Crippen molar-refractivity contribution < 1.29 is 0 Å². The van der Waals surface area contributed by atoms with E-state index in [0.717, 1.165) is 0 Å². The largest absolute Gasteiger partial charge is 0.196 e. The van der Waals surface area contributed by atoms with E-state index in [1.807, 2.05) is 0 Å². The monoisotopic (exact) mass is 183 g/mol. The third-order valence-corrected chi connectivity index (χ3v) is 3.87. The van der Waals surface area contributed by atoms with Crippen LogP contribution in [0, 0.1) is 13.8 Å². The fourth-order valence-electron chi connectivity index (χ4n) is 1.12. The molecule has 0 aliphatic heterocycles. The molecule has 0 N–H and O–H groups in total. The summed E-state index contributed by atoms with van der Waals surface area (Å²) in [5.74, 6) is 0. The van der Waals surface area contributed by atoms with Crippen LogP contribution in [-0.2, 0) is 0 Å². The Morgan fingerprint density at radius 3 is 2.36 bits per heavy atom. The van der Waals surface area contributed by atoms with E-state index in [1.165, 1.54) is 16.3 Å². The molecule has 1 aromatic carbocycles. The molecule has 1 aromatic rings. The van der Waals surface area contributed by atoms with E-state index >= 15 is 0 Å². The first-order chi connectivity index (χ1) is 5.13. The van der Waals surface area contributed by atoms with Crippen LogP contribution in [0.3, 0.4) is 0 Å². The lowest BCUT2D eigenvalue weighted by Gasteiger charge is -2.07. The van der Waals surface area contributed by atoms with E-state index in [-0.39, 0.29) is 0 Å². The number of halogens is 1. The first-order valence-electron chi connectivity index (χ1n) is 3.68. The molecule has 0 unspecified atom stereocenters. The fraction of sp³-hybridized carbons (Fsp3) is 0.333. The summed E-state index contributed by atoms with van der Waals surface area (Å²) < 4.78 is 0. The van der Waals surface area contributed by atoms with Crippen molar-refractivity contribution in [2.45, 2.75) is 20.4 Å². The molecule has 0 spiro atoms. The van der Waals surface area contributed by atoms with Crippen molar-refractivity contribution in [3.63, 3.8) is 0 Å². The molecule has 0 aliphatic carbocycles. The molecular weight excluding hydrogens is 172 g/mol. The van der Waals surface area contributed by atoms with Crippen LogP contribution in [-0.4, -0.2) is 8.11 Å². The SMILES string of the molecule is Cc1cccc([Si](C)Cl)c1C. The number of rotatable bonds is 1. The zero-order valence-corrected chi connectivity index (χ0v) is 8.87. The molecule has 0 fully saturated rings. The summed E-state index contributed by atoms with van der Waals surface area (Å²) in [4.78, 5) is 0. The minimum Gasteiger partial charge on any atom is -0.163 e. The van der Waals surface area contributed by atoms with Crippen molar-refractivity contribution in [1.29, 1.82) is 0 Å². The number of hydrogen-bond acceptors (Lipinski definition) is 0. The van der Waals surface area contributed by atoms with Gasteiger partial charge in [0.1, 0.15) is 0 Å². The van der Waals surface area contributed by atoms with Gasteiger partial charge in [0, 0.05) is 0 Å². The topological polar surface area (TPSA) is 0 Å². The summed E-state index contributed by atoms with van der Waals surface area (Å²) in [5, 5.41) is 1.34. The van der Waals surface area contributed by atoms with Gasteiger partial charge in [0.2, 0.25) is 0 Å². The Balaban J connectivity index is 3.17. The van der Waals surface area contributed by atoms with Crippen molar-refractivity contribution in [3.05, 3.63) is 29.3 Å². The van der Waals surface area contributed by atoms with Crippen LogP contribution in [0.1, 0.15) is 11.1 Å². The summed E-state index contributed by atoms with van der Waals surface area (Å²) in [6.07, 6.45) is 0. The number of aryl methyl sites for hydroxylation is 1. The van der Waals surface area contributed by atoms with Crippen molar-refractivity contribution in [2.75, 3.05) is 0 Å². The highest BCUT2D eigenvalue weighted by molar-refractivity contribution is 7.13. The predicted octanol–water partition coefficient (Wildman–Crippen LogP) is 2.37.